The van der Waals surface area contributed by atoms with Crippen LogP contribution in [0.2, 0.25) is 0 Å². The molecule has 4 heteroatoms. The Hall–Kier alpha value is -2.49. The van der Waals surface area contributed by atoms with Gasteiger partial charge in [-0.3, -0.25) is 4.79 Å². The van der Waals surface area contributed by atoms with Gasteiger partial charge >= 0.3 is 0 Å². The molecule has 1 N–H and O–H groups in total. The van der Waals surface area contributed by atoms with Crippen LogP contribution >= 0.6 is 0 Å². The number of methoxy groups -OCH3 is 1. The van der Waals surface area contributed by atoms with E-state index in [0.717, 1.165) is 5.56 Å². The predicted molar refractivity (Wildman–Crippen MR) is 68.9 cm³/mol. The topological polar surface area (TPSA) is 55.8 Å². The normalized spacial score (nSPS) is 13.0. The van der Waals surface area contributed by atoms with Crippen LogP contribution in [-0.2, 0) is 6.61 Å². The minimum atomic E-state index is -0.152. The van der Waals surface area contributed by atoms with Gasteiger partial charge in [-0.15, -0.1) is 0 Å². The highest BCUT2D eigenvalue weighted by atomic mass is 16.5. The van der Waals surface area contributed by atoms with Crippen LogP contribution in [0.4, 0.5) is 0 Å². The molecule has 0 amide bonds. The second kappa shape index (κ2) is 4.31. The van der Waals surface area contributed by atoms with E-state index in [1.54, 1.807) is 31.4 Å². The largest absolute Gasteiger partial charge is 0.508 e. The first-order valence-corrected chi connectivity index (χ1v) is 5.86. The Morgan fingerprint density at radius 2 is 2.00 bits per heavy atom. The van der Waals surface area contributed by atoms with Gasteiger partial charge in [0, 0.05) is 11.1 Å². The van der Waals surface area contributed by atoms with E-state index in [1.807, 2.05) is 0 Å². The lowest BCUT2D eigenvalue weighted by Gasteiger charge is -2.06. The molecule has 0 aromatic heterocycles. The lowest BCUT2D eigenvalue weighted by molar-refractivity contribution is 0.103. The lowest BCUT2D eigenvalue weighted by Crippen LogP contribution is -2.03. The number of aromatic hydroxyl groups is 1. The standard InChI is InChI=1S/C15H12O4/c1-18-11-3-4-12-9(6-11)8-19-14-5-2-10(16)7-13(14)15(12)17/h2-7,16H,8H2,1H3. The fourth-order valence-electron chi connectivity index (χ4n) is 2.16. The van der Waals surface area contributed by atoms with E-state index in [2.05, 4.69) is 0 Å². The number of phenols is 1. The first-order chi connectivity index (χ1) is 9.19. The quantitative estimate of drug-likeness (QED) is 0.851. The van der Waals surface area contributed by atoms with Crippen molar-refractivity contribution in [2.24, 2.45) is 0 Å². The van der Waals surface area contributed by atoms with Crippen molar-refractivity contribution >= 4 is 5.78 Å². The zero-order chi connectivity index (χ0) is 13.4. The maximum atomic E-state index is 12.4. The fourth-order valence-corrected chi connectivity index (χ4v) is 2.16. The van der Waals surface area contributed by atoms with E-state index in [9.17, 15) is 9.90 Å². The highest BCUT2D eigenvalue weighted by molar-refractivity contribution is 6.12. The van der Waals surface area contributed by atoms with E-state index in [4.69, 9.17) is 9.47 Å². The minimum Gasteiger partial charge on any atom is -0.508 e. The van der Waals surface area contributed by atoms with Gasteiger partial charge in [0.1, 0.15) is 23.9 Å². The van der Waals surface area contributed by atoms with Gasteiger partial charge in [-0.05, 0) is 36.4 Å². The molecular weight excluding hydrogens is 244 g/mol. The van der Waals surface area contributed by atoms with Crippen molar-refractivity contribution in [2.75, 3.05) is 7.11 Å². The Morgan fingerprint density at radius 1 is 1.16 bits per heavy atom. The summed E-state index contributed by atoms with van der Waals surface area (Å²) in [5, 5.41) is 9.50. The van der Waals surface area contributed by atoms with Crippen LogP contribution in [0.5, 0.6) is 17.2 Å². The van der Waals surface area contributed by atoms with Gasteiger partial charge in [0.15, 0.2) is 5.78 Å². The summed E-state index contributed by atoms with van der Waals surface area (Å²) in [4.78, 5) is 12.4. The summed E-state index contributed by atoms with van der Waals surface area (Å²) in [7, 11) is 1.58. The second-order valence-corrected chi connectivity index (χ2v) is 4.32. The Labute approximate surface area is 110 Å². The smallest absolute Gasteiger partial charge is 0.197 e. The maximum Gasteiger partial charge on any atom is 0.197 e. The fraction of sp³-hybridized carbons (Fsp3) is 0.133. The first kappa shape index (κ1) is 11.6. The molecule has 0 aliphatic carbocycles. The third kappa shape index (κ3) is 1.91. The molecular formula is C15H12O4. The van der Waals surface area contributed by atoms with Crippen LogP contribution < -0.4 is 9.47 Å². The van der Waals surface area contributed by atoms with E-state index < -0.39 is 0 Å². The Morgan fingerprint density at radius 3 is 2.79 bits per heavy atom. The molecule has 0 unspecified atom stereocenters. The summed E-state index contributed by atoms with van der Waals surface area (Å²) in [6.07, 6.45) is 0. The van der Waals surface area contributed by atoms with Gasteiger partial charge in [0.25, 0.3) is 0 Å². The number of carbonyl (C=O) groups excluding carboxylic acids is 1. The molecule has 1 heterocycles. The average molecular weight is 256 g/mol. The van der Waals surface area contributed by atoms with Gasteiger partial charge in [-0.1, -0.05) is 0 Å². The van der Waals surface area contributed by atoms with Crippen LogP contribution in [0, 0.1) is 0 Å². The van der Waals surface area contributed by atoms with E-state index >= 15 is 0 Å². The highest BCUT2D eigenvalue weighted by Gasteiger charge is 2.23. The van der Waals surface area contributed by atoms with Gasteiger partial charge < -0.3 is 14.6 Å². The number of hydrogen-bond acceptors (Lipinski definition) is 4. The number of benzene rings is 2. The third-order valence-corrected chi connectivity index (χ3v) is 3.15. The van der Waals surface area contributed by atoms with Crippen molar-refractivity contribution in [1.82, 2.24) is 0 Å². The van der Waals surface area contributed by atoms with Crippen molar-refractivity contribution in [3.63, 3.8) is 0 Å². The maximum absolute atomic E-state index is 12.4. The summed E-state index contributed by atoms with van der Waals surface area (Å²) in [6, 6.07) is 9.79. The molecule has 0 saturated carbocycles. The van der Waals surface area contributed by atoms with Gasteiger partial charge in [-0.2, -0.15) is 0 Å². The molecule has 0 spiro atoms. The van der Waals surface area contributed by atoms with Crippen molar-refractivity contribution in [1.29, 1.82) is 0 Å². The van der Waals surface area contributed by atoms with Crippen LogP contribution in [-0.4, -0.2) is 18.0 Å². The first-order valence-electron chi connectivity index (χ1n) is 5.86. The SMILES string of the molecule is COc1ccc2c(c1)COc1ccc(O)cc1C2=O. The Bertz CT molecular complexity index is 661. The second-order valence-electron chi connectivity index (χ2n) is 4.32. The monoisotopic (exact) mass is 256 g/mol. The Balaban J connectivity index is 2.15. The molecule has 0 radical (unpaired) electrons. The van der Waals surface area contributed by atoms with Crippen molar-refractivity contribution in [2.45, 2.75) is 6.61 Å². The van der Waals surface area contributed by atoms with Gasteiger partial charge in [0.2, 0.25) is 0 Å². The molecule has 2 aromatic rings. The number of ketones is 1. The summed E-state index contributed by atoms with van der Waals surface area (Å²) in [6.45, 7) is 0.302. The molecule has 1 aliphatic heterocycles. The third-order valence-electron chi connectivity index (χ3n) is 3.15. The predicted octanol–water partition coefficient (Wildman–Crippen LogP) is 2.52. The molecule has 4 nitrogen and oxygen atoms in total. The molecule has 0 bridgehead atoms. The zero-order valence-corrected chi connectivity index (χ0v) is 10.3. The summed E-state index contributed by atoms with van der Waals surface area (Å²) in [5.74, 6) is 1.07. The van der Waals surface area contributed by atoms with Gasteiger partial charge in [-0.25, -0.2) is 0 Å². The highest BCUT2D eigenvalue weighted by Crippen LogP contribution is 2.32. The molecule has 2 aromatic carbocycles. The molecule has 19 heavy (non-hydrogen) atoms. The van der Waals surface area contributed by atoms with E-state index in [1.165, 1.54) is 12.1 Å². The van der Waals surface area contributed by atoms with Crippen molar-refractivity contribution in [3.05, 3.63) is 53.1 Å². The van der Waals surface area contributed by atoms with Crippen molar-refractivity contribution < 1.29 is 19.4 Å². The van der Waals surface area contributed by atoms with Crippen LogP contribution in [0.1, 0.15) is 21.5 Å². The summed E-state index contributed by atoms with van der Waals surface area (Å²) < 4.78 is 10.8. The average Bonchev–Trinajstić information content (AvgIpc) is 2.57. The van der Waals surface area contributed by atoms with Crippen LogP contribution in [0.15, 0.2) is 36.4 Å². The number of phenolic OH excluding ortho intramolecular Hbond substituents is 1. The lowest BCUT2D eigenvalue weighted by atomic mass is 9.99. The molecule has 96 valence electrons. The summed E-state index contributed by atoms with van der Waals surface area (Å²) in [5.41, 5.74) is 1.73. The molecule has 1 aliphatic rings. The van der Waals surface area contributed by atoms with Crippen molar-refractivity contribution in [3.8, 4) is 17.2 Å². The number of hydrogen-bond donors (Lipinski definition) is 1. The summed E-state index contributed by atoms with van der Waals surface area (Å²) >= 11 is 0. The molecule has 0 saturated heterocycles. The van der Waals surface area contributed by atoms with Crippen LogP contribution in [0.3, 0.4) is 0 Å². The number of rotatable bonds is 1. The van der Waals surface area contributed by atoms with Gasteiger partial charge in [0.05, 0.1) is 12.7 Å². The number of ether oxygens (including phenoxy) is 2. The van der Waals surface area contributed by atoms with E-state index in [0.29, 0.717) is 29.2 Å². The van der Waals surface area contributed by atoms with E-state index in [-0.39, 0.29) is 11.5 Å². The number of carbonyl (C=O) groups is 1. The molecule has 0 fully saturated rings. The van der Waals surface area contributed by atoms with Crippen LogP contribution in [0.25, 0.3) is 0 Å². The zero-order valence-electron chi connectivity index (χ0n) is 10.3. The minimum absolute atomic E-state index is 0.0488. The molecule has 0 atom stereocenters. The number of fused-ring (bicyclic) bond motifs is 2. The molecule has 3 rings (SSSR count). The Kier molecular flexibility index (Phi) is 2.63.